The van der Waals surface area contributed by atoms with E-state index in [2.05, 4.69) is 15.0 Å². The second-order valence-electron chi connectivity index (χ2n) is 4.44. The quantitative estimate of drug-likeness (QED) is 0.650. The van der Waals surface area contributed by atoms with Crippen molar-refractivity contribution in [2.24, 2.45) is 0 Å². The molecule has 0 radical (unpaired) electrons. The van der Waals surface area contributed by atoms with Crippen LogP contribution in [0.1, 0.15) is 6.42 Å². The van der Waals surface area contributed by atoms with E-state index in [1.54, 1.807) is 18.6 Å². The molecular weight excluding hydrogens is 266 g/mol. The Morgan fingerprint density at radius 2 is 1.71 bits per heavy atom. The zero-order valence-electron chi connectivity index (χ0n) is 11.5. The molecule has 0 saturated heterocycles. The molecule has 2 heterocycles. The summed E-state index contributed by atoms with van der Waals surface area (Å²) in [6.45, 7) is 1.10. The van der Waals surface area contributed by atoms with Crippen LogP contribution in [0.4, 0.5) is 0 Å². The third-order valence-corrected chi connectivity index (χ3v) is 2.91. The first-order valence-electron chi connectivity index (χ1n) is 6.79. The van der Waals surface area contributed by atoms with Gasteiger partial charge in [-0.05, 0) is 18.2 Å². The number of nitrogens with zero attached hydrogens (tertiary/aromatic N) is 3. The van der Waals surface area contributed by atoms with Gasteiger partial charge in [0.1, 0.15) is 5.75 Å². The maximum Gasteiger partial charge on any atom is 0.316 e. The van der Waals surface area contributed by atoms with Crippen molar-refractivity contribution >= 4 is 10.9 Å². The van der Waals surface area contributed by atoms with Gasteiger partial charge in [0, 0.05) is 30.4 Å². The van der Waals surface area contributed by atoms with Crippen LogP contribution in [0.5, 0.6) is 11.8 Å². The Balaban J connectivity index is 1.46. The van der Waals surface area contributed by atoms with Gasteiger partial charge in [0.15, 0.2) is 0 Å². The van der Waals surface area contributed by atoms with E-state index in [1.165, 1.54) is 0 Å². The first-order chi connectivity index (χ1) is 10.4. The molecule has 0 unspecified atom stereocenters. The van der Waals surface area contributed by atoms with Gasteiger partial charge >= 0.3 is 6.01 Å². The van der Waals surface area contributed by atoms with Gasteiger partial charge in [-0.25, -0.2) is 4.98 Å². The van der Waals surface area contributed by atoms with E-state index in [4.69, 9.17) is 9.47 Å². The molecule has 0 aliphatic rings. The number of aromatic nitrogens is 3. The van der Waals surface area contributed by atoms with Crippen LogP contribution in [0, 0.1) is 0 Å². The number of benzene rings is 1. The zero-order chi connectivity index (χ0) is 14.3. The molecule has 0 atom stereocenters. The molecule has 21 heavy (non-hydrogen) atoms. The smallest absolute Gasteiger partial charge is 0.316 e. The second kappa shape index (κ2) is 6.65. The summed E-state index contributed by atoms with van der Waals surface area (Å²) in [5.74, 6) is 0.812. The maximum atomic E-state index is 5.55. The Morgan fingerprint density at radius 1 is 0.905 bits per heavy atom. The second-order valence-corrected chi connectivity index (χ2v) is 4.44. The minimum Gasteiger partial charge on any atom is -0.493 e. The Morgan fingerprint density at radius 3 is 2.62 bits per heavy atom. The summed E-state index contributed by atoms with van der Waals surface area (Å²) in [6.07, 6.45) is 5.94. The topological polar surface area (TPSA) is 57.1 Å². The van der Waals surface area contributed by atoms with Crippen LogP contribution in [0.2, 0.25) is 0 Å². The molecule has 0 N–H and O–H groups in total. The highest BCUT2D eigenvalue weighted by Crippen LogP contribution is 2.13. The van der Waals surface area contributed by atoms with E-state index in [0.29, 0.717) is 19.2 Å². The van der Waals surface area contributed by atoms with Crippen LogP contribution < -0.4 is 9.47 Å². The van der Waals surface area contributed by atoms with Gasteiger partial charge in [-0.1, -0.05) is 18.2 Å². The number of hydrogen-bond donors (Lipinski definition) is 0. The molecule has 0 amide bonds. The van der Waals surface area contributed by atoms with Crippen molar-refractivity contribution in [2.45, 2.75) is 6.42 Å². The number of para-hydroxylation sites is 1. The molecule has 2 aromatic heterocycles. The first-order valence-corrected chi connectivity index (χ1v) is 6.79. The van der Waals surface area contributed by atoms with Crippen molar-refractivity contribution in [2.75, 3.05) is 13.2 Å². The molecule has 1 aromatic carbocycles. The summed E-state index contributed by atoms with van der Waals surface area (Å²) in [4.78, 5) is 12.5. The lowest BCUT2D eigenvalue weighted by molar-refractivity contribution is 0.236. The highest BCUT2D eigenvalue weighted by Gasteiger charge is 2.00. The third kappa shape index (κ3) is 3.66. The normalized spacial score (nSPS) is 10.5. The van der Waals surface area contributed by atoms with Crippen molar-refractivity contribution in [1.82, 2.24) is 15.0 Å². The van der Waals surface area contributed by atoms with Gasteiger partial charge in [-0.15, -0.1) is 0 Å². The highest BCUT2D eigenvalue weighted by atomic mass is 16.5. The van der Waals surface area contributed by atoms with Crippen LogP contribution in [-0.4, -0.2) is 28.2 Å². The monoisotopic (exact) mass is 281 g/mol. The number of rotatable bonds is 6. The van der Waals surface area contributed by atoms with Crippen LogP contribution in [0.25, 0.3) is 10.9 Å². The third-order valence-electron chi connectivity index (χ3n) is 2.91. The molecule has 0 aliphatic carbocycles. The van der Waals surface area contributed by atoms with E-state index in [0.717, 1.165) is 23.1 Å². The molecule has 5 heteroatoms. The molecule has 5 nitrogen and oxygen atoms in total. The summed E-state index contributed by atoms with van der Waals surface area (Å²) in [7, 11) is 0. The number of fused-ring (bicyclic) bond motifs is 1. The van der Waals surface area contributed by atoms with Crippen LogP contribution >= 0.6 is 0 Å². The summed E-state index contributed by atoms with van der Waals surface area (Å²) in [6, 6.07) is 11.9. The summed E-state index contributed by atoms with van der Waals surface area (Å²) >= 11 is 0. The molecule has 0 fully saturated rings. The van der Waals surface area contributed by atoms with Crippen molar-refractivity contribution in [3.8, 4) is 11.8 Å². The predicted molar refractivity (Wildman–Crippen MR) is 79.4 cm³/mol. The molecule has 0 aliphatic heterocycles. The fourth-order valence-corrected chi connectivity index (χ4v) is 1.87. The summed E-state index contributed by atoms with van der Waals surface area (Å²) in [5.41, 5.74) is 0.885. The van der Waals surface area contributed by atoms with Crippen molar-refractivity contribution in [1.29, 1.82) is 0 Å². The van der Waals surface area contributed by atoms with Gasteiger partial charge in [0.2, 0.25) is 0 Å². The van der Waals surface area contributed by atoms with Crippen molar-refractivity contribution < 1.29 is 9.47 Å². The van der Waals surface area contributed by atoms with Gasteiger partial charge in [0.25, 0.3) is 0 Å². The fraction of sp³-hybridized carbons (Fsp3) is 0.188. The van der Waals surface area contributed by atoms with Crippen LogP contribution in [0.3, 0.4) is 0 Å². The molecule has 3 rings (SSSR count). The molecule has 106 valence electrons. The lowest BCUT2D eigenvalue weighted by Crippen LogP contribution is -2.06. The molecule has 0 spiro atoms. The van der Waals surface area contributed by atoms with E-state index in [1.807, 2.05) is 36.4 Å². The standard InChI is InChI=1S/C16H15N3O2/c1-2-5-15-13(4-1)12-18-16(19-15)21-11-3-10-20-14-6-8-17-9-7-14/h1-2,4-9,12H,3,10-11H2. The van der Waals surface area contributed by atoms with E-state index in [9.17, 15) is 0 Å². The minimum atomic E-state index is 0.401. The predicted octanol–water partition coefficient (Wildman–Crippen LogP) is 2.87. The summed E-state index contributed by atoms with van der Waals surface area (Å²) < 4.78 is 11.1. The zero-order valence-corrected chi connectivity index (χ0v) is 11.5. The lowest BCUT2D eigenvalue weighted by Gasteiger charge is -2.07. The Labute approximate surface area is 122 Å². The SMILES string of the molecule is c1ccc2nc(OCCCOc3ccncc3)ncc2c1. The van der Waals surface area contributed by atoms with E-state index in [-0.39, 0.29) is 0 Å². The Kier molecular flexibility index (Phi) is 4.21. The highest BCUT2D eigenvalue weighted by molar-refractivity contribution is 5.77. The van der Waals surface area contributed by atoms with Gasteiger partial charge in [0.05, 0.1) is 18.7 Å². The number of hydrogen-bond acceptors (Lipinski definition) is 5. The molecule has 3 aromatic rings. The van der Waals surface area contributed by atoms with Gasteiger partial charge in [-0.3, -0.25) is 4.98 Å². The van der Waals surface area contributed by atoms with Gasteiger partial charge < -0.3 is 9.47 Å². The average Bonchev–Trinajstić information content (AvgIpc) is 2.55. The molecular formula is C16H15N3O2. The minimum absolute atomic E-state index is 0.401. The van der Waals surface area contributed by atoms with Crippen molar-refractivity contribution in [3.05, 3.63) is 55.0 Å². The average molecular weight is 281 g/mol. The maximum absolute atomic E-state index is 5.55. The number of ether oxygens (including phenoxy) is 2. The Hall–Kier alpha value is -2.69. The molecule has 0 bridgehead atoms. The van der Waals surface area contributed by atoms with Crippen LogP contribution in [0.15, 0.2) is 55.0 Å². The fourth-order valence-electron chi connectivity index (χ4n) is 1.87. The first kappa shape index (κ1) is 13.3. The van der Waals surface area contributed by atoms with E-state index >= 15 is 0 Å². The van der Waals surface area contributed by atoms with E-state index < -0.39 is 0 Å². The van der Waals surface area contributed by atoms with Gasteiger partial charge in [-0.2, -0.15) is 4.98 Å². The number of pyridine rings is 1. The largest absolute Gasteiger partial charge is 0.493 e. The van der Waals surface area contributed by atoms with Crippen molar-refractivity contribution in [3.63, 3.8) is 0 Å². The van der Waals surface area contributed by atoms with Crippen LogP contribution in [-0.2, 0) is 0 Å². The lowest BCUT2D eigenvalue weighted by atomic mass is 10.2. The Bertz CT molecular complexity index is 704. The molecule has 0 saturated carbocycles. The summed E-state index contributed by atoms with van der Waals surface area (Å²) in [5, 5.41) is 1.01.